The number of hydrogen-bond donors (Lipinski definition) is 1. The first kappa shape index (κ1) is 15.2. The quantitative estimate of drug-likeness (QED) is 0.906. The van der Waals surface area contributed by atoms with Gasteiger partial charge in [0.25, 0.3) is 0 Å². The largest absolute Gasteiger partial charge is 0.345 e. The number of amides is 1. The molecule has 0 aliphatic heterocycles. The number of nitrogens with one attached hydrogen (secondary N) is 1. The molecule has 0 aliphatic carbocycles. The fourth-order valence-electron chi connectivity index (χ4n) is 1.59. The number of nitrogens with zero attached hydrogens (tertiary/aromatic N) is 1. The molecule has 1 rings (SSSR count). The van der Waals surface area contributed by atoms with Crippen LogP contribution in [0.25, 0.3) is 0 Å². The smallest absolute Gasteiger partial charge is 0.220 e. The summed E-state index contributed by atoms with van der Waals surface area (Å²) in [7, 11) is 0. The molecule has 0 aromatic carbocycles. The average Bonchev–Trinajstić information content (AvgIpc) is 2.61. The number of carbonyl (C=O) groups is 1. The summed E-state index contributed by atoms with van der Waals surface area (Å²) in [5.41, 5.74) is 0.819. The third-order valence-electron chi connectivity index (χ3n) is 2.71. The van der Waals surface area contributed by atoms with Crippen molar-refractivity contribution in [2.24, 2.45) is 5.41 Å². The van der Waals surface area contributed by atoms with Crippen LogP contribution in [0.4, 0.5) is 0 Å². The summed E-state index contributed by atoms with van der Waals surface area (Å²) in [5, 5.41) is 6.04. The van der Waals surface area contributed by atoms with E-state index in [0.29, 0.717) is 6.42 Å². The van der Waals surface area contributed by atoms with Gasteiger partial charge < -0.3 is 5.32 Å². The molecule has 0 spiro atoms. The van der Waals surface area contributed by atoms with Crippen molar-refractivity contribution in [3.63, 3.8) is 0 Å². The van der Waals surface area contributed by atoms with Crippen LogP contribution in [0.1, 0.15) is 58.2 Å². The lowest BCUT2D eigenvalue weighted by atomic mass is 9.90. The van der Waals surface area contributed by atoms with Crippen LogP contribution < -0.4 is 5.32 Å². The number of rotatable bonds is 4. The van der Waals surface area contributed by atoms with Crippen LogP contribution >= 0.6 is 11.3 Å². The molecule has 4 heteroatoms. The highest BCUT2D eigenvalue weighted by Crippen LogP contribution is 2.25. The monoisotopic (exact) mass is 268 g/mol. The summed E-state index contributed by atoms with van der Waals surface area (Å²) in [6, 6.07) is 0. The van der Waals surface area contributed by atoms with Gasteiger partial charge >= 0.3 is 0 Å². The van der Waals surface area contributed by atoms with Gasteiger partial charge in [-0.05, 0) is 32.6 Å². The Morgan fingerprint density at radius 1 is 1.33 bits per heavy atom. The van der Waals surface area contributed by atoms with Gasteiger partial charge in [0.05, 0.1) is 5.54 Å². The molecule has 0 aliphatic rings. The topological polar surface area (TPSA) is 42.0 Å². The number of hydrogen-bond acceptors (Lipinski definition) is 3. The summed E-state index contributed by atoms with van der Waals surface area (Å²) >= 11 is 1.60. The van der Waals surface area contributed by atoms with Crippen molar-refractivity contribution in [2.75, 3.05) is 0 Å². The van der Waals surface area contributed by atoms with E-state index in [1.165, 1.54) is 0 Å². The number of carbonyl (C=O) groups excluding carboxylic acids is 1. The maximum Gasteiger partial charge on any atom is 0.220 e. The Labute approximate surface area is 114 Å². The third-order valence-corrected chi connectivity index (χ3v) is 3.99. The molecule has 3 nitrogen and oxygen atoms in total. The van der Waals surface area contributed by atoms with Gasteiger partial charge in [0, 0.05) is 17.5 Å². The van der Waals surface area contributed by atoms with Crippen LogP contribution in [-0.2, 0) is 10.3 Å². The van der Waals surface area contributed by atoms with Crippen LogP contribution in [0.5, 0.6) is 0 Å². The minimum atomic E-state index is -0.381. The molecule has 0 bridgehead atoms. The van der Waals surface area contributed by atoms with E-state index in [9.17, 15) is 4.79 Å². The average molecular weight is 268 g/mol. The predicted molar refractivity (Wildman–Crippen MR) is 76.7 cm³/mol. The van der Waals surface area contributed by atoms with Crippen molar-refractivity contribution >= 4 is 17.2 Å². The summed E-state index contributed by atoms with van der Waals surface area (Å²) in [6.07, 6.45) is 1.46. The number of aromatic nitrogens is 1. The number of thiazole rings is 1. The van der Waals surface area contributed by atoms with E-state index >= 15 is 0 Å². The Morgan fingerprint density at radius 3 is 2.39 bits per heavy atom. The molecule has 0 saturated carbocycles. The third kappa shape index (κ3) is 4.77. The van der Waals surface area contributed by atoms with E-state index in [0.717, 1.165) is 17.1 Å². The van der Waals surface area contributed by atoms with E-state index < -0.39 is 0 Å². The van der Waals surface area contributed by atoms with Crippen LogP contribution in [0.2, 0.25) is 0 Å². The maximum atomic E-state index is 12.0. The lowest BCUT2D eigenvalue weighted by Gasteiger charge is -2.25. The summed E-state index contributed by atoms with van der Waals surface area (Å²) in [5.74, 6) is 0.0998. The zero-order valence-corrected chi connectivity index (χ0v) is 13.1. The molecular formula is C14H24N2OS. The van der Waals surface area contributed by atoms with Crippen molar-refractivity contribution in [2.45, 2.75) is 59.9 Å². The Kier molecular flexibility index (Phi) is 4.54. The molecule has 18 heavy (non-hydrogen) atoms. The fraction of sp³-hybridized carbons (Fsp3) is 0.714. The molecule has 1 aromatic rings. The van der Waals surface area contributed by atoms with E-state index in [4.69, 9.17) is 0 Å². The highest BCUT2D eigenvalue weighted by Gasteiger charge is 2.26. The SMILES string of the molecule is Cc1csc(C(C)(C)NC(=O)CCC(C)(C)C)n1. The van der Waals surface area contributed by atoms with Crippen molar-refractivity contribution in [1.82, 2.24) is 10.3 Å². The molecule has 0 unspecified atom stereocenters. The van der Waals surface area contributed by atoms with Gasteiger partial charge in [0.1, 0.15) is 5.01 Å². The first-order valence-electron chi connectivity index (χ1n) is 6.34. The maximum absolute atomic E-state index is 12.0. The second-order valence-corrected chi connectivity index (χ2v) is 7.39. The Balaban J connectivity index is 2.58. The van der Waals surface area contributed by atoms with Crippen LogP contribution in [-0.4, -0.2) is 10.9 Å². The molecular weight excluding hydrogens is 244 g/mol. The van der Waals surface area contributed by atoms with Crippen molar-refractivity contribution < 1.29 is 4.79 Å². The molecule has 1 aromatic heterocycles. The standard InChI is InChI=1S/C14H24N2OS/c1-10-9-18-12(15-10)14(5,6)16-11(17)7-8-13(2,3)4/h9H,7-8H2,1-6H3,(H,16,17). The summed E-state index contributed by atoms with van der Waals surface area (Å²) in [6.45, 7) is 12.4. The van der Waals surface area contributed by atoms with E-state index in [2.05, 4.69) is 31.1 Å². The first-order chi connectivity index (χ1) is 8.10. The lowest BCUT2D eigenvalue weighted by Crippen LogP contribution is -2.41. The van der Waals surface area contributed by atoms with E-state index in [1.54, 1.807) is 11.3 Å². The summed E-state index contributed by atoms with van der Waals surface area (Å²) < 4.78 is 0. The van der Waals surface area contributed by atoms with Gasteiger partial charge in [0.15, 0.2) is 0 Å². The van der Waals surface area contributed by atoms with Crippen LogP contribution in [0.15, 0.2) is 5.38 Å². The summed E-state index contributed by atoms with van der Waals surface area (Å²) in [4.78, 5) is 16.4. The van der Waals surface area contributed by atoms with Crippen molar-refractivity contribution in [3.8, 4) is 0 Å². The highest BCUT2D eigenvalue weighted by molar-refractivity contribution is 7.09. The fourth-order valence-corrected chi connectivity index (χ4v) is 2.47. The van der Waals surface area contributed by atoms with E-state index in [1.807, 2.05) is 26.2 Å². The van der Waals surface area contributed by atoms with Gasteiger partial charge in [-0.25, -0.2) is 4.98 Å². The minimum Gasteiger partial charge on any atom is -0.345 e. The minimum absolute atomic E-state index is 0.0998. The Hall–Kier alpha value is -0.900. The molecule has 1 amide bonds. The van der Waals surface area contributed by atoms with Gasteiger partial charge in [-0.15, -0.1) is 11.3 Å². The normalized spacial score (nSPS) is 12.6. The predicted octanol–water partition coefficient (Wildman–Crippen LogP) is 3.63. The van der Waals surface area contributed by atoms with Gasteiger partial charge in [-0.1, -0.05) is 20.8 Å². The molecule has 0 fully saturated rings. The van der Waals surface area contributed by atoms with Crippen LogP contribution in [0.3, 0.4) is 0 Å². The number of aryl methyl sites for hydroxylation is 1. The molecule has 0 saturated heterocycles. The van der Waals surface area contributed by atoms with Crippen molar-refractivity contribution in [3.05, 3.63) is 16.1 Å². The van der Waals surface area contributed by atoms with E-state index in [-0.39, 0.29) is 16.9 Å². The molecule has 0 atom stereocenters. The molecule has 102 valence electrons. The van der Waals surface area contributed by atoms with Gasteiger partial charge in [-0.2, -0.15) is 0 Å². The molecule has 1 heterocycles. The Morgan fingerprint density at radius 2 is 1.94 bits per heavy atom. The second kappa shape index (κ2) is 5.39. The van der Waals surface area contributed by atoms with Gasteiger partial charge in [0.2, 0.25) is 5.91 Å². The molecule has 0 radical (unpaired) electrons. The first-order valence-corrected chi connectivity index (χ1v) is 7.22. The molecule has 1 N–H and O–H groups in total. The zero-order valence-electron chi connectivity index (χ0n) is 12.3. The van der Waals surface area contributed by atoms with Crippen LogP contribution in [0, 0.1) is 12.3 Å². The Bertz CT molecular complexity index is 416. The zero-order chi connectivity index (χ0) is 14.0. The van der Waals surface area contributed by atoms with Gasteiger partial charge in [-0.3, -0.25) is 4.79 Å². The lowest BCUT2D eigenvalue weighted by molar-refractivity contribution is -0.123. The van der Waals surface area contributed by atoms with Crippen molar-refractivity contribution in [1.29, 1.82) is 0 Å². The second-order valence-electron chi connectivity index (χ2n) is 6.53. The highest BCUT2D eigenvalue weighted by atomic mass is 32.1.